The monoisotopic (exact) mass is 481 g/mol. The minimum absolute atomic E-state index is 0.125. The molecule has 3 rings (SSSR count). The highest BCUT2D eigenvalue weighted by molar-refractivity contribution is 7.12. The zero-order chi connectivity index (χ0) is 23.8. The number of amides is 2. The third kappa shape index (κ3) is 6.42. The van der Waals surface area contributed by atoms with Crippen LogP contribution in [0, 0.1) is 18.3 Å². The molecular formula is C24H20ClN3O4S. The molecule has 0 spiro atoms. The molecule has 0 fully saturated rings. The van der Waals surface area contributed by atoms with Crippen LogP contribution >= 0.6 is 22.9 Å². The first kappa shape index (κ1) is 24.0. The zero-order valence-corrected chi connectivity index (χ0v) is 19.3. The highest BCUT2D eigenvalue weighted by atomic mass is 35.5. The van der Waals surface area contributed by atoms with Crippen molar-refractivity contribution < 1.29 is 19.1 Å². The van der Waals surface area contributed by atoms with Crippen LogP contribution in [0.1, 0.15) is 32.0 Å². The molecule has 0 atom stereocenters. The molecule has 0 unspecified atom stereocenters. The maximum atomic E-state index is 12.7. The number of aryl methyl sites for hydroxylation is 1. The number of hydrogen-bond donors (Lipinski definition) is 1. The van der Waals surface area contributed by atoms with Crippen molar-refractivity contribution in [1.82, 2.24) is 0 Å². The van der Waals surface area contributed by atoms with Gasteiger partial charge in [-0.15, -0.1) is 11.3 Å². The molecule has 0 aliphatic rings. The van der Waals surface area contributed by atoms with Gasteiger partial charge in [0.05, 0.1) is 22.9 Å². The van der Waals surface area contributed by atoms with Gasteiger partial charge in [0.2, 0.25) is 0 Å². The van der Waals surface area contributed by atoms with Gasteiger partial charge in [-0.05, 0) is 66.4 Å². The number of hydrogen-bond acceptors (Lipinski definition) is 6. The Morgan fingerprint density at radius 3 is 2.55 bits per heavy atom. The number of carbonyl (C=O) groups excluding carboxylic acids is 3. The van der Waals surface area contributed by atoms with Gasteiger partial charge < -0.3 is 15.0 Å². The van der Waals surface area contributed by atoms with Crippen LogP contribution in [-0.2, 0) is 9.53 Å². The fourth-order valence-corrected chi connectivity index (χ4v) is 3.67. The topological polar surface area (TPSA) is 99.5 Å². The summed E-state index contributed by atoms with van der Waals surface area (Å²) in [7, 11) is 0. The Balaban J connectivity index is 1.60. The van der Waals surface area contributed by atoms with E-state index in [1.54, 1.807) is 42.5 Å². The van der Waals surface area contributed by atoms with Crippen LogP contribution in [-0.4, -0.2) is 30.9 Å². The van der Waals surface area contributed by atoms with Crippen LogP contribution in [0.15, 0.2) is 60.0 Å². The van der Waals surface area contributed by atoms with E-state index in [-0.39, 0.29) is 24.4 Å². The summed E-state index contributed by atoms with van der Waals surface area (Å²) >= 11 is 7.38. The van der Waals surface area contributed by atoms with Gasteiger partial charge in [-0.1, -0.05) is 17.7 Å². The summed E-state index contributed by atoms with van der Waals surface area (Å²) in [6.07, 6.45) is 0.125. The van der Waals surface area contributed by atoms with E-state index in [1.165, 1.54) is 28.4 Å². The molecule has 0 aliphatic heterocycles. The highest BCUT2D eigenvalue weighted by Gasteiger charge is 2.19. The number of anilines is 2. The van der Waals surface area contributed by atoms with E-state index in [9.17, 15) is 14.4 Å². The van der Waals surface area contributed by atoms with Crippen molar-refractivity contribution in [1.29, 1.82) is 5.26 Å². The van der Waals surface area contributed by atoms with Crippen LogP contribution in [0.5, 0.6) is 0 Å². The fraction of sp³-hybridized carbons (Fsp3) is 0.167. The predicted molar refractivity (Wildman–Crippen MR) is 128 cm³/mol. The van der Waals surface area contributed by atoms with Gasteiger partial charge in [-0.25, -0.2) is 4.79 Å². The number of benzene rings is 2. The Morgan fingerprint density at radius 2 is 1.91 bits per heavy atom. The van der Waals surface area contributed by atoms with Gasteiger partial charge in [0.1, 0.15) is 0 Å². The average molecular weight is 482 g/mol. The van der Waals surface area contributed by atoms with E-state index in [4.69, 9.17) is 21.6 Å². The second kappa shape index (κ2) is 11.3. The van der Waals surface area contributed by atoms with E-state index in [0.717, 1.165) is 5.56 Å². The van der Waals surface area contributed by atoms with Crippen molar-refractivity contribution in [3.05, 3.63) is 81.0 Å². The number of carbonyl (C=O) groups is 3. The maximum Gasteiger partial charge on any atom is 0.338 e. The molecule has 1 N–H and O–H groups in total. The molecule has 2 aromatic carbocycles. The van der Waals surface area contributed by atoms with Gasteiger partial charge in [0.25, 0.3) is 11.8 Å². The highest BCUT2D eigenvalue weighted by Crippen LogP contribution is 2.23. The van der Waals surface area contributed by atoms with E-state index in [1.807, 2.05) is 18.4 Å². The number of halogens is 1. The predicted octanol–water partition coefficient (Wildman–Crippen LogP) is 5.07. The van der Waals surface area contributed by atoms with E-state index in [0.29, 0.717) is 21.3 Å². The summed E-state index contributed by atoms with van der Waals surface area (Å²) in [6.45, 7) is 1.49. The lowest BCUT2D eigenvalue weighted by Gasteiger charge is -2.22. The van der Waals surface area contributed by atoms with Gasteiger partial charge in [0.15, 0.2) is 6.61 Å². The molecule has 0 bridgehead atoms. The quantitative estimate of drug-likeness (QED) is 0.453. The van der Waals surface area contributed by atoms with Crippen molar-refractivity contribution in [3.8, 4) is 6.07 Å². The van der Waals surface area contributed by atoms with Gasteiger partial charge in [-0.2, -0.15) is 5.26 Å². The summed E-state index contributed by atoms with van der Waals surface area (Å²) < 4.78 is 5.18. The summed E-state index contributed by atoms with van der Waals surface area (Å²) in [6, 6.07) is 16.8. The summed E-state index contributed by atoms with van der Waals surface area (Å²) in [5.41, 5.74) is 2.12. The number of thiophene rings is 1. The molecule has 168 valence electrons. The van der Waals surface area contributed by atoms with Crippen molar-refractivity contribution in [3.63, 3.8) is 0 Å². The third-order valence-electron chi connectivity index (χ3n) is 4.65. The molecule has 3 aromatic rings. The fourth-order valence-electron chi connectivity index (χ4n) is 2.93. The lowest BCUT2D eigenvalue weighted by molar-refractivity contribution is -0.121. The summed E-state index contributed by atoms with van der Waals surface area (Å²) in [5.74, 6) is -1.37. The number of nitriles is 1. The molecule has 9 heteroatoms. The van der Waals surface area contributed by atoms with Crippen LogP contribution in [0.3, 0.4) is 0 Å². The Bertz CT molecular complexity index is 1190. The van der Waals surface area contributed by atoms with Crippen LogP contribution < -0.4 is 10.2 Å². The molecule has 1 heterocycles. The first-order valence-electron chi connectivity index (χ1n) is 9.94. The Morgan fingerprint density at radius 1 is 1.15 bits per heavy atom. The maximum absolute atomic E-state index is 12.7. The Kier molecular flexibility index (Phi) is 8.19. The van der Waals surface area contributed by atoms with E-state index < -0.39 is 18.5 Å². The third-order valence-corrected chi connectivity index (χ3v) is 5.94. The molecule has 0 radical (unpaired) electrons. The zero-order valence-electron chi connectivity index (χ0n) is 17.7. The molecular weight excluding hydrogens is 462 g/mol. The smallest absolute Gasteiger partial charge is 0.338 e. The largest absolute Gasteiger partial charge is 0.452 e. The standard InChI is InChI=1S/C24H20ClN3O4S/c1-16-14-19(9-10-20(16)25)28(12-3-11-26)22(29)15-32-24(31)17-5-7-18(8-6-17)27-23(30)21-4-2-13-33-21/h2,4-10,13-14H,3,12,15H2,1H3,(H,27,30). The lowest BCUT2D eigenvalue weighted by atomic mass is 10.2. The van der Waals surface area contributed by atoms with Crippen LogP contribution in [0.2, 0.25) is 5.02 Å². The number of rotatable bonds is 8. The average Bonchev–Trinajstić information content (AvgIpc) is 3.35. The molecule has 1 aromatic heterocycles. The number of esters is 1. The Labute approximate surface area is 200 Å². The first-order chi connectivity index (χ1) is 15.9. The number of nitrogens with one attached hydrogen (secondary N) is 1. The number of ether oxygens (including phenoxy) is 1. The second-order valence-corrected chi connectivity index (χ2v) is 8.33. The molecule has 0 saturated carbocycles. The van der Waals surface area contributed by atoms with Gasteiger partial charge in [0, 0.05) is 22.9 Å². The molecule has 0 aliphatic carbocycles. The van der Waals surface area contributed by atoms with Gasteiger partial charge >= 0.3 is 5.97 Å². The van der Waals surface area contributed by atoms with Crippen molar-refractivity contribution in [2.45, 2.75) is 13.3 Å². The minimum atomic E-state index is -0.674. The molecule has 0 saturated heterocycles. The van der Waals surface area contributed by atoms with Crippen LogP contribution in [0.25, 0.3) is 0 Å². The molecule has 33 heavy (non-hydrogen) atoms. The van der Waals surface area contributed by atoms with E-state index in [2.05, 4.69) is 5.32 Å². The Hall–Kier alpha value is -3.67. The molecule has 2 amide bonds. The van der Waals surface area contributed by atoms with Crippen LogP contribution in [0.4, 0.5) is 11.4 Å². The van der Waals surface area contributed by atoms with Crippen molar-refractivity contribution in [2.24, 2.45) is 0 Å². The molecule has 7 nitrogen and oxygen atoms in total. The van der Waals surface area contributed by atoms with E-state index >= 15 is 0 Å². The normalized spacial score (nSPS) is 10.2. The van der Waals surface area contributed by atoms with Crippen molar-refractivity contribution >= 4 is 52.1 Å². The second-order valence-electron chi connectivity index (χ2n) is 6.97. The van der Waals surface area contributed by atoms with Gasteiger partial charge in [-0.3, -0.25) is 9.59 Å². The lowest BCUT2D eigenvalue weighted by Crippen LogP contribution is -2.35. The summed E-state index contributed by atoms with van der Waals surface area (Å²) in [5, 5.41) is 14.0. The summed E-state index contributed by atoms with van der Waals surface area (Å²) in [4.78, 5) is 39.2. The first-order valence-corrected chi connectivity index (χ1v) is 11.2. The SMILES string of the molecule is Cc1cc(N(CCC#N)C(=O)COC(=O)c2ccc(NC(=O)c3cccs3)cc2)ccc1Cl. The minimum Gasteiger partial charge on any atom is -0.452 e. The number of nitrogens with zero attached hydrogens (tertiary/aromatic N) is 2. The van der Waals surface area contributed by atoms with Crippen molar-refractivity contribution in [2.75, 3.05) is 23.4 Å².